The molecular weight excluding hydrogens is 378 g/mol. The number of nitrogens with one attached hydrogen (secondary N) is 3. The van der Waals surface area contributed by atoms with Gasteiger partial charge in [0.15, 0.2) is 6.54 Å². The fourth-order valence-electron chi connectivity index (χ4n) is 2.71. The van der Waals surface area contributed by atoms with Gasteiger partial charge >= 0.3 is 0 Å². The Morgan fingerprint density at radius 1 is 1.14 bits per heavy atom. The molecule has 0 heterocycles. The first-order valence-electron chi connectivity index (χ1n) is 9.40. The van der Waals surface area contributed by atoms with Gasteiger partial charge in [-0.15, -0.1) is 0 Å². The average Bonchev–Trinajstić information content (AvgIpc) is 3.47. The number of hydrogen-bond acceptors (Lipinski definition) is 3. The summed E-state index contributed by atoms with van der Waals surface area (Å²) in [6.45, 7) is 1.43. The van der Waals surface area contributed by atoms with Crippen molar-refractivity contribution < 1.29 is 19.2 Å². The Labute approximate surface area is 169 Å². The van der Waals surface area contributed by atoms with Crippen LogP contribution in [0.1, 0.15) is 23.2 Å². The van der Waals surface area contributed by atoms with Crippen LogP contribution in [0.3, 0.4) is 0 Å². The van der Waals surface area contributed by atoms with Gasteiger partial charge in [-0.1, -0.05) is 23.7 Å². The summed E-state index contributed by atoms with van der Waals surface area (Å²) in [5.74, 6) is 0.461. The molecule has 3 rings (SSSR count). The number of anilines is 1. The number of hydrogen-bond donors (Lipinski definition) is 3. The minimum absolute atomic E-state index is 0.143. The summed E-state index contributed by atoms with van der Waals surface area (Å²) in [4.78, 5) is 25.7. The van der Waals surface area contributed by atoms with E-state index in [1.165, 1.54) is 0 Å². The van der Waals surface area contributed by atoms with Gasteiger partial charge in [0.1, 0.15) is 18.9 Å². The molecule has 2 amide bonds. The van der Waals surface area contributed by atoms with E-state index in [2.05, 4.69) is 10.6 Å². The first-order valence-corrected chi connectivity index (χ1v) is 9.78. The molecule has 2 aromatic carbocycles. The largest absolute Gasteiger partial charge is 0.488 e. The number of carbonyl (C=O) groups is 2. The lowest BCUT2D eigenvalue weighted by molar-refractivity contribution is -0.871. The molecule has 3 N–H and O–H groups in total. The minimum atomic E-state index is -0.143. The van der Waals surface area contributed by atoms with Gasteiger partial charge in [-0.2, -0.15) is 0 Å². The van der Waals surface area contributed by atoms with Crippen LogP contribution in [0.5, 0.6) is 5.75 Å². The minimum Gasteiger partial charge on any atom is -0.488 e. The highest BCUT2D eigenvalue weighted by atomic mass is 35.5. The first-order chi connectivity index (χ1) is 13.5. The summed E-state index contributed by atoms with van der Waals surface area (Å²) in [7, 11) is 1.93. The lowest BCUT2D eigenvalue weighted by atomic mass is 10.1. The van der Waals surface area contributed by atoms with Crippen LogP contribution in [0.15, 0.2) is 48.5 Å². The molecular formula is C21H25ClN3O3+. The number of amides is 2. The molecule has 0 aromatic heterocycles. The van der Waals surface area contributed by atoms with E-state index < -0.39 is 0 Å². The van der Waals surface area contributed by atoms with Gasteiger partial charge in [-0.25, -0.2) is 0 Å². The quantitative estimate of drug-likeness (QED) is 0.598. The zero-order chi connectivity index (χ0) is 19.9. The molecule has 0 aliphatic heterocycles. The third-order valence-corrected chi connectivity index (χ3v) is 4.68. The van der Waals surface area contributed by atoms with Crippen LogP contribution in [0.4, 0.5) is 5.69 Å². The number of halogens is 1. The number of rotatable bonds is 9. The number of quaternary nitrogens is 1. The maximum atomic E-state index is 12.4. The fourth-order valence-corrected chi connectivity index (χ4v) is 2.84. The predicted molar refractivity (Wildman–Crippen MR) is 109 cm³/mol. The molecule has 0 saturated heterocycles. The predicted octanol–water partition coefficient (Wildman–Crippen LogP) is 1.76. The van der Waals surface area contributed by atoms with Gasteiger partial charge in [-0.3, -0.25) is 9.59 Å². The van der Waals surface area contributed by atoms with E-state index in [9.17, 15) is 9.59 Å². The molecule has 7 heteroatoms. The van der Waals surface area contributed by atoms with E-state index in [1.54, 1.807) is 36.4 Å². The topological polar surface area (TPSA) is 71.9 Å². The Kier molecular flexibility index (Phi) is 6.90. The molecule has 0 radical (unpaired) electrons. The van der Waals surface area contributed by atoms with Gasteiger partial charge in [-0.05, 0) is 49.2 Å². The van der Waals surface area contributed by atoms with Gasteiger partial charge < -0.3 is 20.3 Å². The number of likely N-dealkylation sites (N-methyl/N-ethyl adjacent to an activating group) is 1. The molecule has 6 nitrogen and oxygen atoms in total. The maximum Gasteiger partial charge on any atom is 0.279 e. The zero-order valence-corrected chi connectivity index (χ0v) is 16.6. The van der Waals surface area contributed by atoms with Gasteiger partial charge in [0, 0.05) is 11.1 Å². The van der Waals surface area contributed by atoms with Crippen molar-refractivity contribution >= 4 is 29.1 Å². The number of para-hydroxylation sites is 1. The van der Waals surface area contributed by atoms with Crippen molar-refractivity contribution in [3.8, 4) is 5.75 Å². The number of carbonyl (C=O) groups excluding carboxylic acids is 2. The summed E-state index contributed by atoms with van der Waals surface area (Å²) in [5.41, 5.74) is 1.03. The molecule has 0 spiro atoms. The van der Waals surface area contributed by atoms with Crippen LogP contribution < -0.4 is 20.3 Å². The van der Waals surface area contributed by atoms with Crippen molar-refractivity contribution in [1.29, 1.82) is 0 Å². The smallest absolute Gasteiger partial charge is 0.279 e. The second-order valence-electron chi connectivity index (χ2n) is 7.03. The summed E-state index contributed by atoms with van der Waals surface area (Å²) in [6.07, 6.45) is 2.04. The Balaban J connectivity index is 1.45. The molecule has 1 fully saturated rings. The normalized spacial score (nSPS) is 14.2. The molecule has 28 heavy (non-hydrogen) atoms. The van der Waals surface area contributed by atoms with Crippen LogP contribution in [0, 0.1) is 0 Å². The van der Waals surface area contributed by atoms with Gasteiger partial charge in [0.25, 0.3) is 11.8 Å². The van der Waals surface area contributed by atoms with Crippen LogP contribution in [0.2, 0.25) is 5.02 Å². The van der Waals surface area contributed by atoms with Crippen LogP contribution >= 0.6 is 11.6 Å². The molecule has 0 bridgehead atoms. The summed E-state index contributed by atoms with van der Waals surface area (Å²) in [5, 5.41) is 6.47. The second-order valence-corrected chi connectivity index (χ2v) is 7.46. The second kappa shape index (κ2) is 9.57. The molecule has 1 saturated carbocycles. The van der Waals surface area contributed by atoms with E-state index in [1.807, 2.05) is 19.2 Å². The van der Waals surface area contributed by atoms with Gasteiger partial charge in [0.2, 0.25) is 0 Å². The fraction of sp³-hybridized carbons (Fsp3) is 0.333. The van der Waals surface area contributed by atoms with Crippen LogP contribution in [-0.2, 0) is 4.79 Å². The van der Waals surface area contributed by atoms with Crippen molar-refractivity contribution in [2.45, 2.75) is 18.9 Å². The van der Waals surface area contributed by atoms with Crippen molar-refractivity contribution in [2.24, 2.45) is 0 Å². The average molecular weight is 403 g/mol. The highest BCUT2D eigenvalue weighted by Crippen LogP contribution is 2.21. The van der Waals surface area contributed by atoms with E-state index in [4.69, 9.17) is 16.3 Å². The van der Waals surface area contributed by atoms with E-state index in [0.717, 1.165) is 23.5 Å². The van der Waals surface area contributed by atoms with E-state index in [0.29, 0.717) is 29.4 Å². The zero-order valence-electron chi connectivity index (χ0n) is 15.8. The first kappa shape index (κ1) is 20.2. The molecule has 2 aromatic rings. The van der Waals surface area contributed by atoms with Crippen LogP contribution in [-0.4, -0.2) is 44.6 Å². The Hall–Kier alpha value is -2.57. The third-order valence-electron chi connectivity index (χ3n) is 4.43. The summed E-state index contributed by atoms with van der Waals surface area (Å²) >= 11 is 5.85. The molecule has 1 unspecified atom stereocenters. The van der Waals surface area contributed by atoms with Crippen molar-refractivity contribution in [2.75, 3.05) is 32.1 Å². The Morgan fingerprint density at radius 2 is 1.86 bits per heavy atom. The van der Waals surface area contributed by atoms with E-state index >= 15 is 0 Å². The molecule has 1 aliphatic rings. The lowest BCUT2D eigenvalue weighted by Crippen LogP contribution is -3.10. The lowest BCUT2D eigenvalue weighted by Gasteiger charge is -2.15. The standard InChI is InChI=1S/C21H24ClN3O3/c1-25(12-13-28-17-10-6-15(22)7-11-17)14-20(26)24-19-5-3-2-4-18(19)21(27)23-16-8-9-16/h2-7,10-11,16H,8-9,12-14H2,1H3,(H,23,27)(H,24,26)/p+1. The highest BCUT2D eigenvalue weighted by molar-refractivity contribution is 6.30. The molecule has 1 aliphatic carbocycles. The maximum absolute atomic E-state index is 12.4. The van der Waals surface area contributed by atoms with Crippen molar-refractivity contribution in [3.63, 3.8) is 0 Å². The summed E-state index contributed by atoms with van der Waals surface area (Å²) < 4.78 is 5.66. The SMILES string of the molecule is C[NH+](CCOc1ccc(Cl)cc1)CC(=O)Nc1ccccc1C(=O)NC1CC1. The Bertz CT molecular complexity index is 822. The Morgan fingerprint density at radius 3 is 2.57 bits per heavy atom. The molecule has 148 valence electrons. The summed E-state index contributed by atoms with van der Waals surface area (Å²) in [6, 6.07) is 14.5. The monoisotopic (exact) mass is 402 g/mol. The van der Waals surface area contributed by atoms with Crippen LogP contribution in [0.25, 0.3) is 0 Å². The third kappa shape index (κ3) is 6.25. The van der Waals surface area contributed by atoms with Gasteiger partial charge in [0.05, 0.1) is 18.3 Å². The van der Waals surface area contributed by atoms with Crippen molar-refractivity contribution in [1.82, 2.24) is 5.32 Å². The highest BCUT2D eigenvalue weighted by Gasteiger charge is 2.25. The van der Waals surface area contributed by atoms with Crippen molar-refractivity contribution in [3.05, 3.63) is 59.1 Å². The number of benzene rings is 2. The number of ether oxygens (including phenoxy) is 1. The molecule has 1 atom stereocenters. The van der Waals surface area contributed by atoms with E-state index in [-0.39, 0.29) is 24.4 Å².